The lowest BCUT2D eigenvalue weighted by Gasteiger charge is -2.18. The summed E-state index contributed by atoms with van der Waals surface area (Å²) in [5.74, 6) is -0.891. The van der Waals surface area contributed by atoms with Gasteiger partial charge in [-0.1, -0.05) is 36.4 Å². The Morgan fingerprint density at radius 1 is 1.14 bits per heavy atom. The molecule has 4 heteroatoms. The third-order valence-electron chi connectivity index (χ3n) is 3.39. The number of benzene rings is 1. The fourth-order valence-electron chi connectivity index (χ4n) is 2.38. The minimum Gasteiger partial charge on any atom is -0.481 e. The number of aryl methyl sites for hydroxylation is 1. The van der Waals surface area contributed by atoms with Crippen molar-refractivity contribution < 1.29 is 9.90 Å². The van der Waals surface area contributed by atoms with E-state index in [0.717, 1.165) is 11.3 Å². The molecular weight excluding hydrogens is 266 g/mol. The molecule has 0 spiro atoms. The molecule has 0 unspecified atom stereocenters. The molecule has 2 aromatic rings. The molecule has 0 saturated carbocycles. The summed E-state index contributed by atoms with van der Waals surface area (Å²) in [7, 11) is 0. The smallest absolute Gasteiger partial charge is 0.303 e. The first-order valence-electron chi connectivity index (χ1n) is 7.02. The molecule has 0 bridgehead atoms. The SMILES string of the molecule is CC(C)n1c(-c2ccccc2)ccc(CCC(=O)O)c1=O. The van der Waals surface area contributed by atoms with Crippen molar-refractivity contribution in [1.29, 1.82) is 0 Å². The first kappa shape index (κ1) is 15.0. The number of nitrogens with zero attached hydrogens (tertiary/aromatic N) is 1. The molecule has 1 heterocycles. The van der Waals surface area contributed by atoms with Crippen LogP contribution in [0, 0.1) is 0 Å². The summed E-state index contributed by atoms with van der Waals surface area (Å²) in [5, 5.41) is 8.77. The second kappa shape index (κ2) is 6.39. The Morgan fingerprint density at radius 2 is 1.81 bits per heavy atom. The van der Waals surface area contributed by atoms with Crippen molar-refractivity contribution >= 4 is 5.97 Å². The maximum absolute atomic E-state index is 12.6. The van der Waals surface area contributed by atoms with E-state index in [1.807, 2.05) is 50.2 Å². The van der Waals surface area contributed by atoms with Crippen molar-refractivity contribution in [3.05, 3.63) is 58.4 Å². The number of hydrogen-bond donors (Lipinski definition) is 1. The Morgan fingerprint density at radius 3 is 2.38 bits per heavy atom. The zero-order chi connectivity index (χ0) is 15.4. The van der Waals surface area contributed by atoms with Crippen molar-refractivity contribution in [1.82, 2.24) is 4.57 Å². The Bertz CT molecular complexity index is 687. The van der Waals surface area contributed by atoms with Crippen LogP contribution in [-0.2, 0) is 11.2 Å². The lowest BCUT2D eigenvalue weighted by Crippen LogP contribution is -2.27. The molecule has 2 rings (SSSR count). The van der Waals surface area contributed by atoms with Gasteiger partial charge in [0.25, 0.3) is 5.56 Å². The van der Waals surface area contributed by atoms with Gasteiger partial charge in [-0.3, -0.25) is 9.59 Å². The number of carboxylic acids is 1. The zero-order valence-electron chi connectivity index (χ0n) is 12.2. The third-order valence-corrected chi connectivity index (χ3v) is 3.39. The van der Waals surface area contributed by atoms with Crippen LogP contribution in [-0.4, -0.2) is 15.6 Å². The predicted octanol–water partition coefficient (Wildman–Crippen LogP) is 3.11. The summed E-state index contributed by atoms with van der Waals surface area (Å²) in [6.07, 6.45) is 0.230. The minimum atomic E-state index is -0.891. The highest BCUT2D eigenvalue weighted by Crippen LogP contribution is 2.21. The molecule has 0 aliphatic rings. The predicted molar refractivity (Wildman–Crippen MR) is 82.5 cm³/mol. The Kier molecular flexibility index (Phi) is 4.58. The standard InChI is InChI=1S/C17H19NO3/c1-12(2)18-15(13-6-4-3-5-7-13)10-8-14(17(18)21)9-11-16(19)20/h3-8,10,12H,9,11H2,1-2H3,(H,19,20). The van der Waals surface area contributed by atoms with Crippen molar-refractivity contribution in [3.8, 4) is 11.3 Å². The highest BCUT2D eigenvalue weighted by molar-refractivity contribution is 5.67. The fourth-order valence-corrected chi connectivity index (χ4v) is 2.38. The number of carbonyl (C=O) groups is 1. The average molecular weight is 285 g/mol. The largest absolute Gasteiger partial charge is 0.481 e. The van der Waals surface area contributed by atoms with Crippen molar-refractivity contribution in [2.45, 2.75) is 32.7 Å². The molecule has 4 nitrogen and oxygen atoms in total. The van der Waals surface area contributed by atoms with Gasteiger partial charge in [0.1, 0.15) is 0 Å². The molecule has 21 heavy (non-hydrogen) atoms. The van der Waals surface area contributed by atoms with E-state index in [1.54, 1.807) is 10.6 Å². The van der Waals surface area contributed by atoms with E-state index < -0.39 is 5.97 Å². The molecular formula is C17H19NO3. The molecule has 0 aliphatic heterocycles. The van der Waals surface area contributed by atoms with E-state index in [4.69, 9.17) is 5.11 Å². The van der Waals surface area contributed by atoms with Crippen LogP contribution in [0.5, 0.6) is 0 Å². The normalized spacial score (nSPS) is 10.8. The summed E-state index contributed by atoms with van der Waals surface area (Å²) < 4.78 is 1.73. The number of rotatable bonds is 5. The van der Waals surface area contributed by atoms with Gasteiger partial charge in [0, 0.05) is 18.0 Å². The summed E-state index contributed by atoms with van der Waals surface area (Å²) >= 11 is 0. The highest BCUT2D eigenvalue weighted by Gasteiger charge is 2.13. The molecule has 0 amide bonds. The van der Waals surface area contributed by atoms with Crippen LogP contribution in [0.4, 0.5) is 0 Å². The van der Waals surface area contributed by atoms with Crippen molar-refractivity contribution in [2.24, 2.45) is 0 Å². The van der Waals surface area contributed by atoms with E-state index >= 15 is 0 Å². The second-order valence-electron chi connectivity index (χ2n) is 5.27. The fraction of sp³-hybridized carbons (Fsp3) is 0.294. The van der Waals surface area contributed by atoms with Gasteiger partial charge in [-0.05, 0) is 31.9 Å². The van der Waals surface area contributed by atoms with Crippen molar-refractivity contribution in [3.63, 3.8) is 0 Å². The minimum absolute atomic E-state index is 0.0116. The quantitative estimate of drug-likeness (QED) is 0.918. The number of carboxylic acid groups (broad SMARTS) is 1. The Hall–Kier alpha value is -2.36. The number of aromatic nitrogens is 1. The van der Waals surface area contributed by atoms with Crippen LogP contribution >= 0.6 is 0 Å². The Balaban J connectivity index is 2.51. The lowest BCUT2D eigenvalue weighted by atomic mass is 10.1. The van der Waals surface area contributed by atoms with Gasteiger partial charge < -0.3 is 9.67 Å². The molecule has 0 radical (unpaired) electrons. The van der Waals surface area contributed by atoms with Crippen LogP contribution in [0.1, 0.15) is 31.9 Å². The van der Waals surface area contributed by atoms with Gasteiger partial charge in [0.05, 0.1) is 5.69 Å². The number of aliphatic carboxylic acids is 1. The molecule has 1 aromatic heterocycles. The summed E-state index contributed by atoms with van der Waals surface area (Å²) in [6, 6.07) is 13.4. The van der Waals surface area contributed by atoms with Gasteiger partial charge in [-0.25, -0.2) is 0 Å². The maximum Gasteiger partial charge on any atom is 0.303 e. The first-order chi connectivity index (χ1) is 10.0. The molecule has 0 saturated heterocycles. The van der Waals surface area contributed by atoms with Gasteiger partial charge in [0.2, 0.25) is 0 Å². The molecule has 110 valence electrons. The van der Waals surface area contributed by atoms with Crippen LogP contribution in [0.25, 0.3) is 11.3 Å². The topological polar surface area (TPSA) is 59.3 Å². The molecule has 0 fully saturated rings. The monoisotopic (exact) mass is 285 g/mol. The van der Waals surface area contributed by atoms with Crippen LogP contribution < -0.4 is 5.56 Å². The second-order valence-corrected chi connectivity index (χ2v) is 5.27. The lowest BCUT2D eigenvalue weighted by molar-refractivity contribution is -0.136. The van der Waals surface area contributed by atoms with Crippen molar-refractivity contribution in [2.75, 3.05) is 0 Å². The van der Waals surface area contributed by atoms with Gasteiger partial charge in [-0.15, -0.1) is 0 Å². The van der Waals surface area contributed by atoms with Crippen LogP contribution in [0.3, 0.4) is 0 Å². The van der Waals surface area contributed by atoms with Gasteiger partial charge in [0.15, 0.2) is 0 Å². The molecule has 0 atom stereocenters. The molecule has 1 aromatic carbocycles. The van der Waals surface area contributed by atoms with E-state index in [9.17, 15) is 9.59 Å². The zero-order valence-corrected chi connectivity index (χ0v) is 12.2. The first-order valence-corrected chi connectivity index (χ1v) is 7.02. The molecule has 1 N–H and O–H groups in total. The summed E-state index contributed by atoms with van der Waals surface area (Å²) in [4.78, 5) is 23.3. The Labute approximate surface area is 123 Å². The number of pyridine rings is 1. The van der Waals surface area contributed by atoms with E-state index in [1.165, 1.54) is 0 Å². The average Bonchev–Trinajstić information content (AvgIpc) is 2.46. The van der Waals surface area contributed by atoms with Gasteiger partial charge in [-0.2, -0.15) is 0 Å². The maximum atomic E-state index is 12.6. The summed E-state index contributed by atoms with van der Waals surface area (Å²) in [5.41, 5.74) is 2.28. The molecule has 0 aliphatic carbocycles. The van der Waals surface area contributed by atoms with E-state index in [2.05, 4.69) is 0 Å². The number of hydrogen-bond acceptors (Lipinski definition) is 2. The van der Waals surface area contributed by atoms with E-state index in [0.29, 0.717) is 5.56 Å². The summed E-state index contributed by atoms with van der Waals surface area (Å²) in [6.45, 7) is 3.91. The van der Waals surface area contributed by atoms with E-state index in [-0.39, 0.29) is 24.4 Å². The van der Waals surface area contributed by atoms with Crippen LogP contribution in [0.2, 0.25) is 0 Å². The third kappa shape index (κ3) is 3.40. The van der Waals surface area contributed by atoms with Gasteiger partial charge >= 0.3 is 5.97 Å². The highest BCUT2D eigenvalue weighted by atomic mass is 16.4. The van der Waals surface area contributed by atoms with Crippen LogP contribution in [0.15, 0.2) is 47.3 Å².